The van der Waals surface area contributed by atoms with E-state index in [4.69, 9.17) is 4.74 Å². The predicted molar refractivity (Wildman–Crippen MR) is 114 cm³/mol. The summed E-state index contributed by atoms with van der Waals surface area (Å²) in [4.78, 5) is 11.7. The molecule has 5 rings (SSSR count). The number of aromatic nitrogens is 4. The highest BCUT2D eigenvalue weighted by Gasteiger charge is 2.27. The molecule has 2 aliphatic rings. The summed E-state index contributed by atoms with van der Waals surface area (Å²) < 4.78 is 5.50. The van der Waals surface area contributed by atoms with Crippen LogP contribution in [0.2, 0.25) is 0 Å². The van der Waals surface area contributed by atoms with Gasteiger partial charge in [0.1, 0.15) is 12.1 Å². The molecule has 1 saturated carbocycles. The normalized spacial score (nSPS) is 23.3. The summed E-state index contributed by atoms with van der Waals surface area (Å²) in [6.45, 7) is 5.96. The first kappa shape index (κ1) is 18.5. The van der Waals surface area contributed by atoms with Gasteiger partial charge in [0, 0.05) is 41.8 Å². The zero-order valence-electron chi connectivity index (χ0n) is 16.9. The van der Waals surface area contributed by atoms with Gasteiger partial charge in [0.25, 0.3) is 0 Å². The number of nitrogens with one attached hydrogen (secondary N) is 2. The first-order valence-corrected chi connectivity index (χ1v) is 10.6. The maximum Gasteiger partial charge on any atom is 0.137 e. The van der Waals surface area contributed by atoms with Gasteiger partial charge >= 0.3 is 0 Å². The van der Waals surface area contributed by atoms with Gasteiger partial charge in [-0.05, 0) is 50.3 Å². The van der Waals surface area contributed by atoms with Crippen molar-refractivity contribution in [2.24, 2.45) is 0 Å². The van der Waals surface area contributed by atoms with Crippen LogP contribution in [-0.2, 0) is 4.74 Å². The van der Waals surface area contributed by atoms with Crippen molar-refractivity contribution in [1.29, 1.82) is 0 Å². The molecule has 3 heterocycles. The molecule has 1 saturated heterocycles. The van der Waals surface area contributed by atoms with Crippen LogP contribution in [0.1, 0.15) is 31.4 Å². The van der Waals surface area contributed by atoms with Gasteiger partial charge in [-0.1, -0.05) is 6.07 Å². The predicted octanol–water partition coefficient (Wildman–Crippen LogP) is 3.38. The molecule has 1 aliphatic heterocycles. The highest BCUT2D eigenvalue weighted by molar-refractivity contribution is 5.92. The largest absolute Gasteiger partial charge is 0.379 e. The van der Waals surface area contributed by atoms with Crippen LogP contribution in [0.5, 0.6) is 0 Å². The van der Waals surface area contributed by atoms with Crippen molar-refractivity contribution < 1.29 is 4.74 Å². The van der Waals surface area contributed by atoms with Gasteiger partial charge in [0.15, 0.2) is 0 Å². The quantitative estimate of drug-likeness (QED) is 0.709. The van der Waals surface area contributed by atoms with Crippen LogP contribution >= 0.6 is 0 Å². The maximum absolute atomic E-state index is 5.50. The number of benzene rings is 1. The zero-order valence-corrected chi connectivity index (χ0v) is 16.9. The number of aryl methyl sites for hydroxylation is 1. The van der Waals surface area contributed by atoms with Crippen LogP contribution in [0.15, 0.2) is 30.7 Å². The second kappa shape index (κ2) is 8.08. The smallest absolute Gasteiger partial charge is 0.137 e. The van der Waals surface area contributed by atoms with Crippen molar-refractivity contribution in [1.82, 2.24) is 25.1 Å². The van der Waals surface area contributed by atoms with Gasteiger partial charge in [-0.15, -0.1) is 0 Å². The summed E-state index contributed by atoms with van der Waals surface area (Å²) in [6, 6.07) is 7.51. The third kappa shape index (κ3) is 3.84. The summed E-state index contributed by atoms with van der Waals surface area (Å²) in [5.41, 5.74) is 4.29. The van der Waals surface area contributed by atoms with Crippen molar-refractivity contribution in [3.63, 3.8) is 0 Å². The van der Waals surface area contributed by atoms with E-state index >= 15 is 0 Å². The van der Waals surface area contributed by atoms with E-state index in [1.165, 1.54) is 25.7 Å². The molecule has 7 heteroatoms. The fraction of sp³-hybridized carbons (Fsp3) is 0.500. The topological polar surface area (TPSA) is 79.0 Å². The summed E-state index contributed by atoms with van der Waals surface area (Å²) >= 11 is 0. The van der Waals surface area contributed by atoms with E-state index in [2.05, 4.69) is 48.6 Å². The Balaban J connectivity index is 1.32. The number of H-pyrrole nitrogens is 1. The zero-order chi connectivity index (χ0) is 19.6. The van der Waals surface area contributed by atoms with Gasteiger partial charge in [0.05, 0.1) is 24.9 Å². The molecule has 0 radical (unpaired) electrons. The third-order valence-electron chi connectivity index (χ3n) is 6.38. The Morgan fingerprint density at radius 3 is 2.69 bits per heavy atom. The van der Waals surface area contributed by atoms with Crippen LogP contribution in [0.4, 0.5) is 5.82 Å². The van der Waals surface area contributed by atoms with Crippen molar-refractivity contribution in [3.05, 3.63) is 36.4 Å². The molecule has 29 heavy (non-hydrogen) atoms. The number of anilines is 1. The molecule has 2 N–H and O–H groups in total. The second-order valence-corrected chi connectivity index (χ2v) is 8.16. The van der Waals surface area contributed by atoms with E-state index < -0.39 is 0 Å². The number of ether oxygens (including phenoxy) is 1. The molecule has 7 nitrogen and oxygen atoms in total. The molecule has 152 valence electrons. The molecule has 2 aromatic heterocycles. The molecule has 0 atom stereocenters. The fourth-order valence-electron chi connectivity index (χ4n) is 4.70. The van der Waals surface area contributed by atoms with Crippen molar-refractivity contribution in [2.45, 2.75) is 44.7 Å². The number of fused-ring (bicyclic) bond motifs is 1. The minimum atomic E-state index is 0.463. The number of hydrogen-bond donors (Lipinski definition) is 2. The molecule has 3 aromatic rings. The van der Waals surface area contributed by atoms with Gasteiger partial charge in [-0.25, -0.2) is 9.97 Å². The minimum absolute atomic E-state index is 0.463. The monoisotopic (exact) mass is 392 g/mol. The van der Waals surface area contributed by atoms with Crippen LogP contribution in [0.25, 0.3) is 22.0 Å². The standard InChI is InChI=1S/C22H28N6O/c1-15-20(13-25-27-15)16-2-7-21-19(12-16)22(24-14-23-21)26-17-3-5-18(6-4-17)28-8-10-29-11-9-28/h2,7,12-14,17-18H,3-6,8-11H2,1H3,(H,25,27)(H,23,24,26). The number of rotatable bonds is 4. The molecule has 0 amide bonds. The average molecular weight is 393 g/mol. The Morgan fingerprint density at radius 1 is 1.10 bits per heavy atom. The highest BCUT2D eigenvalue weighted by atomic mass is 16.5. The lowest BCUT2D eigenvalue weighted by Crippen LogP contribution is -2.46. The lowest BCUT2D eigenvalue weighted by atomic mass is 9.90. The lowest BCUT2D eigenvalue weighted by molar-refractivity contribution is 0.00791. The summed E-state index contributed by atoms with van der Waals surface area (Å²) in [5.74, 6) is 0.938. The first-order chi connectivity index (χ1) is 14.3. The number of hydrogen-bond acceptors (Lipinski definition) is 6. The van der Waals surface area contributed by atoms with Crippen molar-refractivity contribution in [3.8, 4) is 11.1 Å². The van der Waals surface area contributed by atoms with E-state index in [1.807, 2.05) is 13.1 Å². The van der Waals surface area contributed by atoms with Crippen LogP contribution in [0, 0.1) is 6.92 Å². The lowest BCUT2D eigenvalue weighted by Gasteiger charge is -2.39. The molecule has 1 aliphatic carbocycles. The van der Waals surface area contributed by atoms with E-state index in [-0.39, 0.29) is 0 Å². The number of nitrogens with zero attached hydrogens (tertiary/aromatic N) is 4. The number of aromatic amines is 1. The van der Waals surface area contributed by atoms with Crippen molar-refractivity contribution in [2.75, 3.05) is 31.6 Å². The highest BCUT2D eigenvalue weighted by Crippen LogP contribution is 2.30. The summed E-state index contributed by atoms with van der Waals surface area (Å²) in [5, 5.41) is 12.0. The summed E-state index contributed by atoms with van der Waals surface area (Å²) in [7, 11) is 0. The van der Waals surface area contributed by atoms with Crippen LogP contribution < -0.4 is 5.32 Å². The molecular weight excluding hydrogens is 364 g/mol. The minimum Gasteiger partial charge on any atom is -0.379 e. The van der Waals surface area contributed by atoms with Crippen molar-refractivity contribution >= 4 is 16.7 Å². The average Bonchev–Trinajstić information content (AvgIpc) is 3.21. The Bertz CT molecular complexity index is 972. The Kier molecular flexibility index (Phi) is 5.16. The first-order valence-electron chi connectivity index (χ1n) is 10.6. The fourth-order valence-corrected chi connectivity index (χ4v) is 4.70. The van der Waals surface area contributed by atoms with Gasteiger partial charge in [-0.2, -0.15) is 5.10 Å². The van der Waals surface area contributed by atoms with E-state index in [0.717, 1.165) is 59.8 Å². The molecule has 1 aromatic carbocycles. The Hall–Kier alpha value is -2.51. The molecule has 0 bridgehead atoms. The van der Waals surface area contributed by atoms with Gasteiger partial charge < -0.3 is 10.1 Å². The van der Waals surface area contributed by atoms with Gasteiger partial charge in [0.2, 0.25) is 0 Å². The van der Waals surface area contributed by atoms with Gasteiger partial charge in [-0.3, -0.25) is 10.00 Å². The molecule has 0 spiro atoms. The molecular formula is C22H28N6O. The number of morpholine rings is 1. The van der Waals surface area contributed by atoms with Crippen LogP contribution in [-0.4, -0.2) is 63.5 Å². The Morgan fingerprint density at radius 2 is 1.93 bits per heavy atom. The SMILES string of the molecule is Cc1[nH]ncc1-c1ccc2ncnc(NC3CCC(N4CCOCC4)CC3)c2c1. The second-order valence-electron chi connectivity index (χ2n) is 8.16. The third-order valence-corrected chi connectivity index (χ3v) is 6.38. The van der Waals surface area contributed by atoms with E-state index in [1.54, 1.807) is 6.33 Å². The van der Waals surface area contributed by atoms with E-state index in [0.29, 0.717) is 12.1 Å². The molecule has 0 unspecified atom stereocenters. The van der Waals surface area contributed by atoms with E-state index in [9.17, 15) is 0 Å². The van der Waals surface area contributed by atoms with Crippen LogP contribution in [0.3, 0.4) is 0 Å². The maximum atomic E-state index is 5.50. The Labute approximate surface area is 170 Å². The molecule has 2 fully saturated rings. The summed E-state index contributed by atoms with van der Waals surface area (Å²) in [6.07, 6.45) is 8.36.